The number of hydrogen-bond donors (Lipinski definition) is 1. The van der Waals surface area contributed by atoms with Gasteiger partial charge in [-0.2, -0.15) is 5.10 Å². The number of nitrogens with zero attached hydrogens (tertiary/aromatic N) is 4. The summed E-state index contributed by atoms with van der Waals surface area (Å²) in [4.78, 5) is 3.87. The van der Waals surface area contributed by atoms with Crippen molar-refractivity contribution < 1.29 is 13.9 Å². The highest BCUT2D eigenvalue weighted by atomic mass is 35.5. The number of rotatable bonds is 7. The molecule has 4 rings (SSSR count). The van der Waals surface area contributed by atoms with Crippen LogP contribution < -0.4 is 0 Å². The third kappa shape index (κ3) is 5.07. The predicted molar refractivity (Wildman–Crippen MR) is 120 cm³/mol. The van der Waals surface area contributed by atoms with E-state index in [0.717, 1.165) is 23.3 Å². The molecule has 1 unspecified atom stereocenters. The van der Waals surface area contributed by atoms with Crippen molar-refractivity contribution in [1.82, 2.24) is 19.3 Å². The van der Waals surface area contributed by atoms with Gasteiger partial charge in [0.1, 0.15) is 29.9 Å². The summed E-state index contributed by atoms with van der Waals surface area (Å²) in [6.45, 7) is -0.0573. The molecular weight excluding hydrogens is 457 g/mol. The average Bonchev–Trinajstić information content (AvgIpc) is 3.40. The monoisotopic (exact) mass is 474 g/mol. The molecule has 0 saturated heterocycles. The van der Waals surface area contributed by atoms with Crippen LogP contribution in [-0.4, -0.2) is 24.4 Å². The van der Waals surface area contributed by atoms with E-state index < -0.39 is 17.2 Å². The fraction of sp³-hybridized carbons (Fsp3) is 0.130. The van der Waals surface area contributed by atoms with Crippen molar-refractivity contribution in [3.8, 4) is 0 Å². The highest BCUT2D eigenvalue weighted by Gasteiger charge is 2.34. The van der Waals surface area contributed by atoms with Gasteiger partial charge in [0.05, 0.1) is 23.1 Å². The Bertz CT molecular complexity index is 1260. The van der Waals surface area contributed by atoms with E-state index >= 15 is 0 Å². The first kappa shape index (κ1) is 22.2. The van der Waals surface area contributed by atoms with E-state index in [2.05, 4.69) is 10.1 Å². The summed E-state index contributed by atoms with van der Waals surface area (Å²) >= 11 is 12.0. The van der Waals surface area contributed by atoms with Gasteiger partial charge in [0, 0.05) is 24.0 Å². The molecule has 4 aromatic rings. The molecule has 0 aliphatic rings. The van der Waals surface area contributed by atoms with Gasteiger partial charge in [0.15, 0.2) is 0 Å². The topological polar surface area (TPSA) is 55.9 Å². The highest BCUT2D eigenvalue weighted by molar-refractivity contribution is 6.42. The second kappa shape index (κ2) is 9.24. The molecule has 0 radical (unpaired) electrons. The Morgan fingerprint density at radius 1 is 0.969 bits per heavy atom. The van der Waals surface area contributed by atoms with Gasteiger partial charge >= 0.3 is 0 Å². The number of halogens is 4. The van der Waals surface area contributed by atoms with Gasteiger partial charge in [-0.3, -0.25) is 0 Å². The van der Waals surface area contributed by atoms with E-state index in [1.807, 2.05) is 30.5 Å². The van der Waals surface area contributed by atoms with Crippen molar-refractivity contribution in [3.05, 3.63) is 106 Å². The average molecular weight is 475 g/mol. The zero-order valence-electron chi connectivity index (χ0n) is 16.7. The van der Waals surface area contributed by atoms with Crippen LogP contribution in [0.3, 0.4) is 0 Å². The summed E-state index contributed by atoms with van der Waals surface area (Å²) in [7, 11) is 0. The van der Waals surface area contributed by atoms with Crippen LogP contribution in [-0.2, 0) is 18.7 Å². The summed E-state index contributed by atoms with van der Waals surface area (Å²) < 4.78 is 31.1. The number of aromatic nitrogens is 4. The Kier molecular flexibility index (Phi) is 6.41. The molecule has 5 nitrogen and oxygen atoms in total. The first-order valence-corrected chi connectivity index (χ1v) is 10.4. The van der Waals surface area contributed by atoms with Crippen LogP contribution in [0, 0.1) is 11.6 Å². The first-order chi connectivity index (χ1) is 15.3. The molecule has 1 N–H and O–H groups in total. The summed E-state index contributed by atoms with van der Waals surface area (Å²) in [5.74, 6) is -1.55. The molecule has 9 heteroatoms. The molecule has 32 heavy (non-hydrogen) atoms. The van der Waals surface area contributed by atoms with Crippen LogP contribution >= 0.6 is 23.2 Å². The van der Waals surface area contributed by atoms with Crippen LogP contribution in [0.4, 0.5) is 8.78 Å². The Hall–Kier alpha value is -3.00. The molecule has 2 aromatic heterocycles. The van der Waals surface area contributed by atoms with Crippen LogP contribution in [0.25, 0.3) is 12.2 Å². The lowest BCUT2D eigenvalue weighted by molar-refractivity contribution is -0.00534. The zero-order valence-corrected chi connectivity index (χ0v) is 18.2. The predicted octanol–water partition coefficient (Wildman–Crippen LogP) is 5.42. The van der Waals surface area contributed by atoms with E-state index in [1.165, 1.54) is 23.4 Å². The molecule has 0 saturated carbocycles. The molecule has 0 bridgehead atoms. The summed E-state index contributed by atoms with van der Waals surface area (Å²) in [6, 6.07) is 10.3. The molecule has 0 aliphatic carbocycles. The second-order valence-corrected chi connectivity index (χ2v) is 8.19. The van der Waals surface area contributed by atoms with Crippen LogP contribution in [0.5, 0.6) is 0 Å². The van der Waals surface area contributed by atoms with Crippen molar-refractivity contribution >= 4 is 35.4 Å². The van der Waals surface area contributed by atoms with Gasteiger partial charge in [0.2, 0.25) is 0 Å². The third-order valence-corrected chi connectivity index (χ3v) is 5.69. The van der Waals surface area contributed by atoms with Gasteiger partial charge in [0.25, 0.3) is 0 Å². The van der Waals surface area contributed by atoms with E-state index in [-0.39, 0.29) is 18.7 Å². The molecule has 164 valence electrons. The SMILES string of the molecule is OC(Cn1ccc(C=Cc2ccc(Cl)c(Cl)c2)c1)(Cn1cncn1)c1ccc(F)cc1F. The minimum Gasteiger partial charge on any atom is -0.381 e. The summed E-state index contributed by atoms with van der Waals surface area (Å²) in [5.41, 5.74) is 0.00724. The Morgan fingerprint density at radius 3 is 2.50 bits per heavy atom. The van der Waals surface area contributed by atoms with E-state index in [4.69, 9.17) is 23.2 Å². The van der Waals surface area contributed by atoms with Gasteiger partial charge < -0.3 is 9.67 Å². The minimum atomic E-state index is -1.70. The van der Waals surface area contributed by atoms with Crippen LogP contribution in [0.1, 0.15) is 16.7 Å². The molecule has 2 heterocycles. The maximum absolute atomic E-state index is 14.6. The van der Waals surface area contributed by atoms with Crippen molar-refractivity contribution in [3.63, 3.8) is 0 Å². The maximum atomic E-state index is 14.6. The van der Waals surface area contributed by atoms with Gasteiger partial charge in [-0.25, -0.2) is 18.4 Å². The first-order valence-electron chi connectivity index (χ1n) is 9.62. The maximum Gasteiger partial charge on any atom is 0.137 e. The lowest BCUT2D eigenvalue weighted by atomic mass is 9.92. The fourth-order valence-corrected chi connectivity index (χ4v) is 3.74. The number of benzene rings is 2. The van der Waals surface area contributed by atoms with Crippen molar-refractivity contribution in [2.24, 2.45) is 0 Å². The summed E-state index contributed by atoms with van der Waals surface area (Å²) in [5, 5.41) is 16.4. The fourth-order valence-electron chi connectivity index (χ4n) is 3.44. The van der Waals surface area contributed by atoms with Gasteiger partial charge in [-0.05, 0) is 35.4 Å². The number of hydrogen-bond acceptors (Lipinski definition) is 3. The van der Waals surface area contributed by atoms with Crippen LogP contribution in [0.15, 0.2) is 67.5 Å². The van der Waals surface area contributed by atoms with Crippen molar-refractivity contribution in [2.45, 2.75) is 18.7 Å². The van der Waals surface area contributed by atoms with E-state index in [0.29, 0.717) is 10.0 Å². The quantitative estimate of drug-likeness (QED) is 0.388. The smallest absolute Gasteiger partial charge is 0.137 e. The normalized spacial score (nSPS) is 13.5. The molecule has 0 fully saturated rings. The van der Waals surface area contributed by atoms with E-state index in [1.54, 1.807) is 22.9 Å². The molecule has 0 aliphatic heterocycles. The molecule has 0 spiro atoms. The van der Waals surface area contributed by atoms with Gasteiger partial charge in [-0.1, -0.05) is 47.5 Å². The van der Waals surface area contributed by atoms with Crippen LogP contribution in [0.2, 0.25) is 10.0 Å². The van der Waals surface area contributed by atoms with Gasteiger partial charge in [-0.15, -0.1) is 0 Å². The van der Waals surface area contributed by atoms with Crippen molar-refractivity contribution in [1.29, 1.82) is 0 Å². The largest absolute Gasteiger partial charge is 0.381 e. The molecular formula is C23H18Cl2F2N4O. The third-order valence-electron chi connectivity index (χ3n) is 4.95. The highest BCUT2D eigenvalue weighted by Crippen LogP contribution is 2.29. The minimum absolute atomic E-state index is 0.00995. The lowest BCUT2D eigenvalue weighted by Gasteiger charge is -2.29. The summed E-state index contributed by atoms with van der Waals surface area (Å²) in [6.07, 6.45) is 10.1. The Morgan fingerprint density at radius 2 is 1.78 bits per heavy atom. The van der Waals surface area contributed by atoms with E-state index in [9.17, 15) is 13.9 Å². The van der Waals surface area contributed by atoms with Crippen molar-refractivity contribution in [2.75, 3.05) is 0 Å². The Labute approximate surface area is 193 Å². The molecule has 1 atom stereocenters. The second-order valence-electron chi connectivity index (χ2n) is 7.37. The zero-order chi connectivity index (χ0) is 22.7. The lowest BCUT2D eigenvalue weighted by Crippen LogP contribution is -2.37. The Balaban J connectivity index is 1.59. The number of aliphatic hydroxyl groups is 1. The standard InChI is InChI=1S/C23H18Cl2F2N4O/c24-20-6-3-16(9-21(20)25)1-2-17-7-8-30(11-17)12-23(32,13-31-15-28-14-29-31)19-5-4-18(26)10-22(19)27/h1-11,14-15,32H,12-13H2. The molecule has 2 aromatic carbocycles. The molecule has 0 amide bonds.